The van der Waals surface area contributed by atoms with Gasteiger partial charge in [0.25, 0.3) is 0 Å². The number of anilines is 2. The second-order valence-electron chi connectivity index (χ2n) is 11.0. The molecule has 0 spiro atoms. The van der Waals surface area contributed by atoms with E-state index in [2.05, 4.69) is 15.3 Å². The smallest absolute Gasteiger partial charge is 0.250 e. The lowest BCUT2D eigenvalue weighted by Gasteiger charge is -2.39. The van der Waals surface area contributed by atoms with Gasteiger partial charge in [0.05, 0.1) is 18.0 Å². The molecular formula is C32H35ClN6O2S2. The number of aryl methyl sites for hydroxylation is 2. The summed E-state index contributed by atoms with van der Waals surface area (Å²) in [6, 6.07) is 17.2. The summed E-state index contributed by atoms with van der Waals surface area (Å²) in [5.74, 6) is -0.195. The average Bonchev–Trinajstić information content (AvgIpc) is 3.66. The fourth-order valence-electron chi connectivity index (χ4n) is 5.38. The maximum absolute atomic E-state index is 14.1. The molecule has 0 saturated heterocycles. The van der Waals surface area contributed by atoms with Crippen LogP contribution in [0.3, 0.4) is 0 Å². The van der Waals surface area contributed by atoms with E-state index < -0.39 is 5.54 Å². The van der Waals surface area contributed by atoms with Crippen LogP contribution >= 0.6 is 34.7 Å². The molecule has 0 radical (unpaired) electrons. The number of nitrogens with zero attached hydrogens (tertiary/aromatic N) is 5. The van der Waals surface area contributed by atoms with Crippen LogP contribution < -0.4 is 10.2 Å². The molecule has 0 bridgehead atoms. The SMILES string of the molecule is Cc1cc(C)nc(SCC(=O)N(Cc2nc(-c3ccc(Cl)cc3)cs2)C2(C(=O)Nc3ccc(N(C)C)cc3)CCCC2)n1. The van der Waals surface area contributed by atoms with Gasteiger partial charge in [0.1, 0.15) is 10.5 Å². The number of carbonyl (C=O) groups excluding carboxylic acids is 2. The van der Waals surface area contributed by atoms with Gasteiger partial charge in [-0.25, -0.2) is 15.0 Å². The minimum Gasteiger partial charge on any atom is -0.378 e. The number of thioether (sulfide) groups is 1. The van der Waals surface area contributed by atoms with Crippen molar-refractivity contribution in [1.82, 2.24) is 19.9 Å². The van der Waals surface area contributed by atoms with Gasteiger partial charge in [0.15, 0.2) is 5.16 Å². The van der Waals surface area contributed by atoms with Crippen LogP contribution in [0, 0.1) is 13.8 Å². The molecule has 2 aromatic heterocycles. The Hall–Kier alpha value is -3.47. The topological polar surface area (TPSA) is 91.3 Å². The highest BCUT2D eigenvalue weighted by Crippen LogP contribution is 2.39. The van der Waals surface area contributed by atoms with E-state index in [1.54, 1.807) is 4.90 Å². The minimum absolute atomic E-state index is 0.116. The van der Waals surface area contributed by atoms with Gasteiger partial charge in [-0.2, -0.15) is 0 Å². The maximum atomic E-state index is 14.1. The highest BCUT2D eigenvalue weighted by molar-refractivity contribution is 7.99. The molecule has 2 heterocycles. The first-order chi connectivity index (χ1) is 20.6. The summed E-state index contributed by atoms with van der Waals surface area (Å²) in [5, 5.41) is 7.08. The number of nitrogens with one attached hydrogen (secondary N) is 1. The summed E-state index contributed by atoms with van der Waals surface area (Å²) < 4.78 is 0. The third-order valence-corrected chi connectivity index (χ3v) is 9.50. The predicted octanol–water partition coefficient (Wildman–Crippen LogP) is 7.01. The van der Waals surface area contributed by atoms with E-state index >= 15 is 0 Å². The third-order valence-electron chi connectivity index (χ3n) is 7.58. The van der Waals surface area contributed by atoms with Gasteiger partial charge in [-0.15, -0.1) is 11.3 Å². The van der Waals surface area contributed by atoms with Crippen molar-refractivity contribution in [3.05, 3.63) is 81.4 Å². The second kappa shape index (κ2) is 13.4. The molecular weight excluding hydrogens is 600 g/mol. The zero-order chi connectivity index (χ0) is 30.6. The Balaban J connectivity index is 1.43. The number of benzene rings is 2. The summed E-state index contributed by atoms with van der Waals surface area (Å²) in [4.78, 5) is 45.9. The van der Waals surface area contributed by atoms with Crippen LogP contribution in [-0.4, -0.2) is 57.1 Å². The van der Waals surface area contributed by atoms with E-state index in [4.69, 9.17) is 16.6 Å². The Labute approximate surface area is 265 Å². The summed E-state index contributed by atoms with van der Waals surface area (Å²) in [6.45, 7) is 4.06. The molecule has 1 saturated carbocycles. The van der Waals surface area contributed by atoms with Crippen molar-refractivity contribution in [2.45, 2.75) is 56.8 Å². The van der Waals surface area contributed by atoms with E-state index in [1.165, 1.54) is 23.1 Å². The van der Waals surface area contributed by atoms with Gasteiger partial charge in [0, 0.05) is 52.8 Å². The molecule has 8 nitrogen and oxygen atoms in total. The highest BCUT2D eigenvalue weighted by atomic mass is 35.5. The molecule has 0 atom stereocenters. The number of amides is 2. The first-order valence-electron chi connectivity index (χ1n) is 14.2. The number of carbonyl (C=O) groups is 2. The van der Waals surface area contributed by atoms with Crippen molar-refractivity contribution >= 4 is 57.9 Å². The average molecular weight is 635 g/mol. The highest BCUT2D eigenvalue weighted by Gasteiger charge is 2.48. The lowest BCUT2D eigenvalue weighted by Crippen LogP contribution is -2.57. The standard InChI is InChI=1S/C32H35ClN6O2S2/c1-21-17-22(2)35-31(34-21)43-20-29(40)39(18-28-37-27(19-42-28)23-7-9-24(33)10-8-23)32(15-5-6-16-32)30(41)36-25-11-13-26(14-12-25)38(3)4/h7-14,17,19H,5-6,15-16,18,20H2,1-4H3,(H,36,41). The number of thiazole rings is 1. The number of halogens is 1. The molecule has 1 aliphatic rings. The van der Waals surface area contributed by atoms with Crippen LogP contribution in [0.4, 0.5) is 11.4 Å². The van der Waals surface area contributed by atoms with Crippen LogP contribution in [0.25, 0.3) is 11.3 Å². The molecule has 0 unspecified atom stereocenters. The van der Waals surface area contributed by atoms with E-state index in [-0.39, 0.29) is 24.1 Å². The number of hydrogen-bond acceptors (Lipinski definition) is 8. The summed E-state index contributed by atoms with van der Waals surface area (Å²) >= 11 is 8.87. The molecule has 4 aromatic rings. The molecule has 43 heavy (non-hydrogen) atoms. The summed E-state index contributed by atoms with van der Waals surface area (Å²) in [6.07, 6.45) is 2.89. The molecule has 2 aromatic carbocycles. The third kappa shape index (κ3) is 7.37. The largest absolute Gasteiger partial charge is 0.378 e. The minimum atomic E-state index is -0.993. The molecule has 2 amide bonds. The van der Waals surface area contributed by atoms with Crippen molar-refractivity contribution in [3.8, 4) is 11.3 Å². The predicted molar refractivity (Wildman–Crippen MR) is 176 cm³/mol. The fraction of sp³-hybridized carbons (Fsp3) is 0.344. The van der Waals surface area contributed by atoms with E-state index in [9.17, 15) is 9.59 Å². The summed E-state index contributed by atoms with van der Waals surface area (Å²) in [7, 11) is 3.95. The van der Waals surface area contributed by atoms with Crippen LogP contribution in [0.15, 0.2) is 65.1 Å². The monoisotopic (exact) mass is 634 g/mol. The van der Waals surface area contributed by atoms with Crippen molar-refractivity contribution in [3.63, 3.8) is 0 Å². The van der Waals surface area contributed by atoms with E-state index in [0.717, 1.165) is 46.2 Å². The van der Waals surface area contributed by atoms with Gasteiger partial charge in [-0.3, -0.25) is 9.59 Å². The molecule has 11 heteroatoms. The lowest BCUT2D eigenvalue weighted by atomic mass is 9.93. The van der Waals surface area contributed by atoms with Crippen LogP contribution in [0.1, 0.15) is 42.1 Å². The number of rotatable bonds is 10. The molecule has 1 fully saturated rings. The second-order valence-corrected chi connectivity index (χ2v) is 13.3. The van der Waals surface area contributed by atoms with Crippen LogP contribution in [0.2, 0.25) is 5.02 Å². The Morgan fingerprint density at radius 2 is 1.63 bits per heavy atom. The van der Waals surface area contributed by atoms with Gasteiger partial charge in [-0.05, 0) is 69.2 Å². The Bertz CT molecular complexity index is 1560. The van der Waals surface area contributed by atoms with Crippen molar-refractivity contribution in [1.29, 1.82) is 0 Å². The van der Waals surface area contributed by atoms with Crippen molar-refractivity contribution in [2.24, 2.45) is 0 Å². The van der Waals surface area contributed by atoms with Gasteiger partial charge in [0.2, 0.25) is 11.8 Å². The zero-order valence-electron chi connectivity index (χ0n) is 24.8. The van der Waals surface area contributed by atoms with Gasteiger partial charge in [-0.1, -0.05) is 48.3 Å². The molecule has 1 N–H and O–H groups in total. The number of hydrogen-bond donors (Lipinski definition) is 1. The van der Waals surface area contributed by atoms with E-state index in [1.807, 2.05) is 92.8 Å². The lowest BCUT2D eigenvalue weighted by molar-refractivity contribution is -0.144. The summed E-state index contributed by atoms with van der Waals surface area (Å²) in [5.41, 5.74) is 4.21. The first kappa shape index (κ1) is 31.0. The molecule has 0 aliphatic heterocycles. The molecule has 1 aliphatic carbocycles. The van der Waals surface area contributed by atoms with Crippen LogP contribution in [-0.2, 0) is 16.1 Å². The molecule has 224 valence electrons. The maximum Gasteiger partial charge on any atom is 0.250 e. The Morgan fingerprint density at radius 1 is 0.977 bits per heavy atom. The van der Waals surface area contributed by atoms with Gasteiger partial charge >= 0.3 is 0 Å². The van der Waals surface area contributed by atoms with E-state index in [0.29, 0.717) is 28.7 Å². The van der Waals surface area contributed by atoms with Gasteiger partial charge < -0.3 is 15.1 Å². The van der Waals surface area contributed by atoms with Crippen molar-refractivity contribution in [2.75, 3.05) is 30.1 Å². The quantitative estimate of drug-likeness (QED) is 0.148. The number of aromatic nitrogens is 3. The molecule has 5 rings (SSSR count). The van der Waals surface area contributed by atoms with Crippen LogP contribution in [0.5, 0.6) is 0 Å². The van der Waals surface area contributed by atoms with Crippen molar-refractivity contribution < 1.29 is 9.59 Å². The first-order valence-corrected chi connectivity index (χ1v) is 16.4. The zero-order valence-corrected chi connectivity index (χ0v) is 27.2. The Kier molecular flexibility index (Phi) is 9.68. The Morgan fingerprint density at radius 3 is 2.26 bits per heavy atom. The normalized spacial score (nSPS) is 14.0. The fourth-order valence-corrected chi connectivity index (χ4v) is 7.12.